The Bertz CT molecular complexity index is 408. The minimum atomic E-state index is -0.224. The Morgan fingerprint density at radius 2 is 2.56 bits per heavy atom. The van der Waals surface area contributed by atoms with Crippen LogP contribution in [-0.2, 0) is 4.74 Å². The lowest BCUT2D eigenvalue weighted by atomic mass is 10.2. The molecule has 100 valence electrons. The number of unbranched alkanes of at least 4 members (excludes halogenated alkanes) is 1. The summed E-state index contributed by atoms with van der Waals surface area (Å²) in [7, 11) is 0. The number of likely N-dealkylation sites (tertiary alicyclic amines) is 1. The largest absolute Gasteiger partial charge is 0.449 e. The maximum absolute atomic E-state index is 12.0. The summed E-state index contributed by atoms with van der Waals surface area (Å²) in [6.07, 6.45) is 5.36. The van der Waals surface area contributed by atoms with Crippen molar-refractivity contribution >= 4 is 22.0 Å². The number of hydrogen-bond donors (Lipinski definition) is 1. The van der Waals surface area contributed by atoms with Crippen molar-refractivity contribution in [1.82, 2.24) is 14.9 Å². The van der Waals surface area contributed by atoms with Gasteiger partial charge >= 0.3 is 6.09 Å². The van der Waals surface area contributed by atoms with Crippen LogP contribution in [0.4, 0.5) is 4.79 Å². The summed E-state index contributed by atoms with van der Waals surface area (Å²) in [5.41, 5.74) is 0. The second-order valence-corrected chi connectivity index (χ2v) is 5.29. The van der Waals surface area contributed by atoms with Crippen molar-refractivity contribution in [3.05, 3.63) is 16.6 Å². The minimum Gasteiger partial charge on any atom is -0.449 e. The summed E-state index contributed by atoms with van der Waals surface area (Å²) in [4.78, 5) is 21.1. The molecule has 0 aliphatic carbocycles. The topological polar surface area (TPSA) is 58.2 Å². The quantitative estimate of drug-likeness (QED) is 0.868. The smallest absolute Gasteiger partial charge is 0.410 e. The standard InChI is InChI=1S/C12H18BrN3O2/c1-2-3-7-18-12(17)16-6-4-5-9(16)11-14-8-10(13)15-11/h8-9H,2-7H2,1H3,(H,14,15). The molecule has 0 radical (unpaired) electrons. The van der Waals surface area contributed by atoms with Crippen LogP contribution in [-0.4, -0.2) is 34.1 Å². The van der Waals surface area contributed by atoms with E-state index in [0.717, 1.165) is 42.7 Å². The van der Waals surface area contributed by atoms with E-state index in [4.69, 9.17) is 4.74 Å². The van der Waals surface area contributed by atoms with E-state index in [1.54, 1.807) is 11.1 Å². The van der Waals surface area contributed by atoms with E-state index in [9.17, 15) is 4.79 Å². The fourth-order valence-corrected chi connectivity index (χ4v) is 2.44. The fourth-order valence-electron chi connectivity index (χ4n) is 2.14. The number of hydrogen-bond acceptors (Lipinski definition) is 3. The van der Waals surface area contributed by atoms with Gasteiger partial charge in [-0.25, -0.2) is 9.78 Å². The third kappa shape index (κ3) is 3.04. The lowest BCUT2D eigenvalue weighted by Gasteiger charge is -2.22. The lowest BCUT2D eigenvalue weighted by molar-refractivity contribution is 0.0957. The number of amides is 1. The van der Waals surface area contributed by atoms with E-state index in [-0.39, 0.29) is 12.1 Å². The van der Waals surface area contributed by atoms with E-state index in [1.165, 1.54) is 0 Å². The average Bonchev–Trinajstić information content (AvgIpc) is 2.97. The van der Waals surface area contributed by atoms with E-state index in [2.05, 4.69) is 32.8 Å². The van der Waals surface area contributed by atoms with Gasteiger partial charge in [-0.2, -0.15) is 0 Å². The zero-order valence-corrected chi connectivity index (χ0v) is 12.1. The molecule has 1 aromatic rings. The summed E-state index contributed by atoms with van der Waals surface area (Å²) in [5.74, 6) is 0.826. The minimum absolute atomic E-state index is 0.0189. The number of nitrogens with one attached hydrogen (secondary N) is 1. The first kappa shape index (κ1) is 13.4. The maximum atomic E-state index is 12.0. The second-order valence-electron chi connectivity index (χ2n) is 4.44. The van der Waals surface area contributed by atoms with E-state index in [1.807, 2.05) is 0 Å². The SMILES string of the molecule is CCCCOC(=O)N1CCCC1c1ncc(Br)[nH]1. The number of aromatic amines is 1. The first-order valence-corrected chi connectivity index (χ1v) is 7.15. The molecule has 0 spiro atoms. The Labute approximate surface area is 115 Å². The molecule has 5 nitrogen and oxygen atoms in total. The highest BCUT2D eigenvalue weighted by Gasteiger charge is 2.32. The average molecular weight is 316 g/mol. The van der Waals surface area contributed by atoms with E-state index >= 15 is 0 Å². The molecule has 1 atom stereocenters. The third-order valence-corrected chi connectivity index (χ3v) is 3.49. The fraction of sp³-hybridized carbons (Fsp3) is 0.667. The summed E-state index contributed by atoms with van der Waals surface area (Å²) >= 11 is 3.33. The van der Waals surface area contributed by atoms with Gasteiger partial charge in [0.1, 0.15) is 10.4 Å². The van der Waals surface area contributed by atoms with Crippen molar-refractivity contribution in [2.75, 3.05) is 13.2 Å². The number of carbonyl (C=O) groups excluding carboxylic acids is 1. The number of rotatable bonds is 4. The molecule has 2 heterocycles. The molecule has 0 aromatic carbocycles. The summed E-state index contributed by atoms with van der Waals surface area (Å²) in [6, 6.07) is 0.0189. The molecule has 1 aromatic heterocycles. The van der Waals surface area contributed by atoms with Gasteiger partial charge in [0.25, 0.3) is 0 Å². The Morgan fingerprint density at radius 3 is 3.22 bits per heavy atom. The van der Waals surface area contributed by atoms with Crippen LogP contribution in [0.5, 0.6) is 0 Å². The number of aromatic nitrogens is 2. The van der Waals surface area contributed by atoms with Gasteiger partial charge in [0.2, 0.25) is 0 Å². The summed E-state index contributed by atoms with van der Waals surface area (Å²) in [6.45, 7) is 3.32. The van der Waals surface area contributed by atoms with E-state index in [0.29, 0.717) is 6.61 Å². The zero-order valence-electron chi connectivity index (χ0n) is 10.5. The molecule has 0 bridgehead atoms. The highest BCUT2D eigenvalue weighted by atomic mass is 79.9. The van der Waals surface area contributed by atoms with Crippen LogP contribution in [0, 0.1) is 0 Å². The van der Waals surface area contributed by atoms with Gasteiger partial charge in [-0.05, 0) is 35.2 Å². The zero-order chi connectivity index (χ0) is 13.0. The third-order valence-electron chi connectivity index (χ3n) is 3.09. The van der Waals surface area contributed by atoms with Crippen molar-refractivity contribution in [2.45, 2.75) is 38.6 Å². The molecule has 18 heavy (non-hydrogen) atoms. The molecule has 1 aliphatic rings. The molecule has 1 N–H and O–H groups in total. The number of halogens is 1. The molecule has 0 saturated carbocycles. The first-order valence-electron chi connectivity index (χ1n) is 6.36. The Balaban J connectivity index is 1.97. The highest BCUT2D eigenvalue weighted by Crippen LogP contribution is 2.31. The van der Waals surface area contributed by atoms with Crippen LogP contribution < -0.4 is 0 Å². The van der Waals surface area contributed by atoms with Gasteiger partial charge in [-0.3, -0.25) is 4.90 Å². The van der Waals surface area contributed by atoms with Gasteiger partial charge in [-0.15, -0.1) is 0 Å². The van der Waals surface area contributed by atoms with Crippen LogP contribution in [0.1, 0.15) is 44.5 Å². The molecular weight excluding hydrogens is 298 g/mol. The van der Waals surface area contributed by atoms with E-state index < -0.39 is 0 Å². The van der Waals surface area contributed by atoms with Gasteiger partial charge in [-0.1, -0.05) is 13.3 Å². The van der Waals surface area contributed by atoms with Gasteiger partial charge in [0.05, 0.1) is 18.8 Å². The molecular formula is C12H18BrN3O2. The highest BCUT2D eigenvalue weighted by molar-refractivity contribution is 9.10. The monoisotopic (exact) mass is 315 g/mol. The molecule has 1 saturated heterocycles. The molecule has 6 heteroatoms. The molecule has 1 aliphatic heterocycles. The number of carbonyl (C=O) groups is 1. The number of H-pyrrole nitrogens is 1. The van der Waals surface area contributed by atoms with Gasteiger partial charge in [0, 0.05) is 6.54 Å². The Hall–Kier alpha value is -1.04. The second kappa shape index (κ2) is 6.22. The molecule has 1 unspecified atom stereocenters. The van der Waals surface area contributed by atoms with Crippen molar-refractivity contribution < 1.29 is 9.53 Å². The molecule has 2 rings (SSSR count). The Kier molecular flexibility index (Phi) is 4.63. The molecule has 1 amide bonds. The maximum Gasteiger partial charge on any atom is 0.410 e. The Morgan fingerprint density at radius 1 is 1.72 bits per heavy atom. The van der Waals surface area contributed by atoms with Gasteiger partial charge in [0.15, 0.2) is 0 Å². The van der Waals surface area contributed by atoms with Crippen LogP contribution in [0.2, 0.25) is 0 Å². The van der Waals surface area contributed by atoms with Crippen LogP contribution >= 0.6 is 15.9 Å². The first-order chi connectivity index (χ1) is 8.72. The number of ether oxygens (including phenoxy) is 1. The van der Waals surface area contributed by atoms with Crippen molar-refractivity contribution in [2.24, 2.45) is 0 Å². The van der Waals surface area contributed by atoms with Crippen molar-refractivity contribution in [1.29, 1.82) is 0 Å². The summed E-state index contributed by atoms with van der Waals surface area (Å²) < 4.78 is 6.10. The predicted molar refractivity (Wildman–Crippen MR) is 71.2 cm³/mol. The normalized spacial score (nSPS) is 19.2. The summed E-state index contributed by atoms with van der Waals surface area (Å²) in [5, 5.41) is 0. The van der Waals surface area contributed by atoms with Crippen LogP contribution in [0.25, 0.3) is 0 Å². The van der Waals surface area contributed by atoms with Crippen molar-refractivity contribution in [3.63, 3.8) is 0 Å². The predicted octanol–water partition coefficient (Wildman–Crippen LogP) is 3.25. The lowest BCUT2D eigenvalue weighted by Crippen LogP contribution is -2.31. The molecule has 1 fully saturated rings. The number of imidazole rings is 1. The van der Waals surface area contributed by atoms with Crippen LogP contribution in [0.15, 0.2) is 10.8 Å². The van der Waals surface area contributed by atoms with Gasteiger partial charge < -0.3 is 9.72 Å². The van der Waals surface area contributed by atoms with Crippen LogP contribution in [0.3, 0.4) is 0 Å². The van der Waals surface area contributed by atoms with Crippen molar-refractivity contribution in [3.8, 4) is 0 Å². The number of nitrogens with zero attached hydrogens (tertiary/aromatic N) is 2.